The fourth-order valence-electron chi connectivity index (χ4n) is 1.97. The van der Waals surface area contributed by atoms with E-state index in [1.54, 1.807) is 24.3 Å². The van der Waals surface area contributed by atoms with Crippen molar-refractivity contribution in [1.82, 2.24) is 15.6 Å². The zero-order valence-corrected chi connectivity index (χ0v) is 13.2. The van der Waals surface area contributed by atoms with E-state index in [0.717, 1.165) is 0 Å². The third-order valence-electron chi connectivity index (χ3n) is 3.15. The number of rotatable bonds is 5. The Hall–Kier alpha value is -3.46. The van der Waals surface area contributed by atoms with Crippen molar-refractivity contribution in [3.05, 3.63) is 68.9 Å². The van der Waals surface area contributed by atoms with E-state index in [-0.39, 0.29) is 5.76 Å². The lowest BCUT2D eigenvalue weighted by molar-refractivity contribution is -0.401. The van der Waals surface area contributed by atoms with Gasteiger partial charge in [-0.2, -0.15) is 10.2 Å². The van der Waals surface area contributed by atoms with Crippen molar-refractivity contribution in [3.63, 3.8) is 0 Å². The van der Waals surface area contributed by atoms with Crippen molar-refractivity contribution in [2.24, 2.45) is 5.10 Å². The topological polar surface area (TPSA) is 126 Å². The van der Waals surface area contributed by atoms with Crippen molar-refractivity contribution in [3.8, 4) is 11.5 Å². The van der Waals surface area contributed by atoms with Crippen LogP contribution in [0.4, 0.5) is 5.88 Å². The lowest BCUT2D eigenvalue weighted by atomic mass is 10.2. The number of nitrogens with one attached hydrogen (secondary N) is 2. The molecule has 0 saturated carbocycles. The molecule has 2 N–H and O–H groups in total. The highest BCUT2D eigenvalue weighted by molar-refractivity contribution is 6.30. The number of aromatic nitrogens is 2. The molecular weight excluding hydrogens is 350 g/mol. The van der Waals surface area contributed by atoms with Crippen LogP contribution in [0.25, 0.3) is 11.5 Å². The number of benzene rings is 1. The maximum Gasteiger partial charge on any atom is 0.433 e. The number of nitro groups is 1. The van der Waals surface area contributed by atoms with Gasteiger partial charge in [0.2, 0.25) is 0 Å². The Balaban J connectivity index is 1.72. The molecule has 10 heteroatoms. The van der Waals surface area contributed by atoms with Crippen LogP contribution < -0.4 is 5.43 Å². The molecule has 0 atom stereocenters. The van der Waals surface area contributed by atoms with Crippen molar-refractivity contribution < 1.29 is 14.1 Å². The quantitative estimate of drug-likeness (QED) is 0.411. The van der Waals surface area contributed by atoms with Gasteiger partial charge in [0.1, 0.15) is 10.6 Å². The second-order valence-electron chi connectivity index (χ2n) is 4.79. The normalized spacial score (nSPS) is 10.9. The third kappa shape index (κ3) is 3.72. The molecule has 0 aliphatic carbocycles. The number of hydrazone groups is 1. The van der Waals surface area contributed by atoms with Gasteiger partial charge in [-0.05, 0) is 30.3 Å². The molecule has 0 bridgehead atoms. The van der Waals surface area contributed by atoms with Gasteiger partial charge in [-0.15, -0.1) is 0 Å². The second kappa shape index (κ2) is 6.97. The summed E-state index contributed by atoms with van der Waals surface area (Å²) in [4.78, 5) is 22.0. The fourth-order valence-corrected chi connectivity index (χ4v) is 2.10. The van der Waals surface area contributed by atoms with Crippen LogP contribution in [0.15, 0.2) is 52.1 Å². The van der Waals surface area contributed by atoms with Crippen molar-refractivity contribution in [2.45, 2.75) is 0 Å². The lowest BCUT2D eigenvalue weighted by Crippen LogP contribution is -2.17. The molecular formula is C15H10ClN5O4. The van der Waals surface area contributed by atoms with Crippen molar-refractivity contribution >= 4 is 29.6 Å². The Bertz CT molecular complexity index is 945. The van der Waals surface area contributed by atoms with Crippen molar-refractivity contribution in [1.29, 1.82) is 0 Å². The number of amides is 1. The Morgan fingerprint density at radius 1 is 1.32 bits per heavy atom. The first-order chi connectivity index (χ1) is 12.0. The zero-order chi connectivity index (χ0) is 17.8. The summed E-state index contributed by atoms with van der Waals surface area (Å²) in [6.07, 6.45) is 2.86. The summed E-state index contributed by atoms with van der Waals surface area (Å²) in [5.41, 5.74) is 3.58. The highest BCUT2D eigenvalue weighted by Gasteiger charge is 2.17. The standard InChI is InChI=1S/C15H10ClN5O4/c16-11-3-1-9(2-4-11)15(22)20-18-8-10-7-17-19-14(10)12-5-6-13(25-12)21(23)24/h1-8H,(H,17,19)(H,20,22)/b18-8+. The number of nitrogens with zero attached hydrogens (tertiary/aromatic N) is 3. The molecule has 0 saturated heterocycles. The van der Waals surface area contributed by atoms with E-state index in [1.165, 1.54) is 24.5 Å². The molecule has 0 unspecified atom stereocenters. The fraction of sp³-hybridized carbons (Fsp3) is 0. The summed E-state index contributed by atoms with van der Waals surface area (Å²) in [6.45, 7) is 0. The predicted octanol–water partition coefficient (Wildman–Crippen LogP) is 3.00. The summed E-state index contributed by atoms with van der Waals surface area (Å²) in [6, 6.07) is 8.98. The summed E-state index contributed by atoms with van der Waals surface area (Å²) in [7, 11) is 0. The summed E-state index contributed by atoms with van der Waals surface area (Å²) in [5.74, 6) is -0.595. The van der Waals surface area contributed by atoms with Gasteiger partial charge in [0, 0.05) is 22.3 Å². The maximum absolute atomic E-state index is 11.9. The number of aromatic amines is 1. The molecule has 0 aliphatic rings. The molecule has 126 valence electrons. The Kier molecular flexibility index (Phi) is 4.57. The monoisotopic (exact) mass is 359 g/mol. The number of hydrogen-bond acceptors (Lipinski definition) is 6. The van der Waals surface area contributed by atoms with Gasteiger partial charge < -0.3 is 4.42 Å². The molecule has 3 aromatic rings. The van der Waals surface area contributed by atoms with Crippen molar-refractivity contribution in [2.75, 3.05) is 0 Å². The molecule has 0 fully saturated rings. The predicted molar refractivity (Wildman–Crippen MR) is 89.5 cm³/mol. The molecule has 1 amide bonds. The van der Waals surface area contributed by atoms with Gasteiger partial charge >= 0.3 is 5.88 Å². The second-order valence-corrected chi connectivity index (χ2v) is 5.23. The first-order valence-electron chi connectivity index (χ1n) is 6.92. The Morgan fingerprint density at radius 3 is 2.76 bits per heavy atom. The number of hydrogen-bond donors (Lipinski definition) is 2. The first kappa shape index (κ1) is 16.4. The SMILES string of the molecule is O=C(N/N=C/c1c[nH]nc1-c1ccc([N+](=O)[O-])o1)c1ccc(Cl)cc1. The third-order valence-corrected chi connectivity index (χ3v) is 3.40. The molecule has 2 aromatic heterocycles. The van der Waals surface area contributed by atoms with E-state index in [2.05, 4.69) is 20.7 Å². The molecule has 25 heavy (non-hydrogen) atoms. The number of furan rings is 1. The largest absolute Gasteiger partial charge is 0.433 e. The van der Waals surface area contributed by atoms with Gasteiger partial charge in [-0.25, -0.2) is 5.43 Å². The molecule has 2 heterocycles. The van der Waals surface area contributed by atoms with Crippen LogP contribution in [-0.2, 0) is 0 Å². The Labute approximate surface area is 145 Å². The van der Waals surface area contributed by atoms with Crippen LogP contribution in [0.2, 0.25) is 5.02 Å². The minimum absolute atomic E-state index is 0.207. The number of H-pyrrole nitrogens is 1. The van der Waals surface area contributed by atoms with Gasteiger partial charge in [0.25, 0.3) is 5.91 Å². The van der Waals surface area contributed by atoms with Gasteiger partial charge in [-0.3, -0.25) is 20.0 Å². The van der Waals surface area contributed by atoms with E-state index in [1.807, 2.05) is 0 Å². The highest BCUT2D eigenvalue weighted by Crippen LogP contribution is 2.26. The van der Waals surface area contributed by atoms with Gasteiger partial charge in [0.15, 0.2) is 5.76 Å². The Morgan fingerprint density at radius 2 is 2.08 bits per heavy atom. The minimum atomic E-state index is -0.643. The van der Waals surface area contributed by atoms with Crippen LogP contribution in [0, 0.1) is 10.1 Å². The molecule has 9 nitrogen and oxygen atoms in total. The van der Waals surface area contributed by atoms with E-state index in [4.69, 9.17) is 16.0 Å². The first-order valence-corrected chi connectivity index (χ1v) is 7.30. The smallest absolute Gasteiger partial charge is 0.399 e. The number of carbonyl (C=O) groups excluding carboxylic acids is 1. The van der Waals surface area contributed by atoms with Crippen LogP contribution in [0.3, 0.4) is 0 Å². The average Bonchev–Trinajstić information content (AvgIpc) is 3.24. The molecule has 0 spiro atoms. The highest BCUT2D eigenvalue weighted by atomic mass is 35.5. The van der Waals surface area contributed by atoms with Gasteiger partial charge in [-0.1, -0.05) is 11.6 Å². The molecule has 0 radical (unpaired) electrons. The van der Waals surface area contributed by atoms with Crippen LogP contribution in [0.1, 0.15) is 15.9 Å². The van der Waals surface area contributed by atoms with Gasteiger partial charge in [0.05, 0.1) is 12.3 Å². The van der Waals surface area contributed by atoms with E-state index < -0.39 is 16.7 Å². The summed E-state index contributed by atoms with van der Waals surface area (Å²) in [5, 5.41) is 21.6. The maximum atomic E-state index is 11.9. The average molecular weight is 360 g/mol. The van der Waals surface area contributed by atoms with E-state index in [0.29, 0.717) is 21.8 Å². The van der Waals surface area contributed by atoms with Crippen LogP contribution in [-0.4, -0.2) is 27.2 Å². The summed E-state index contributed by atoms with van der Waals surface area (Å²) >= 11 is 5.76. The minimum Gasteiger partial charge on any atom is -0.399 e. The number of carbonyl (C=O) groups is 1. The lowest BCUT2D eigenvalue weighted by Gasteiger charge is -1.99. The molecule has 0 aliphatic heterocycles. The van der Waals surface area contributed by atoms with E-state index in [9.17, 15) is 14.9 Å². The molecule has 1 aromatic carbocycles. The zero-order valence-electron chi connectivity index (χ0n) is 12.5. The summed E-state index contributed by atoms with van der Waals surface area (Å²) < 4.78 is 5.09. The molecule has 3 rings (SSSR count). The van der Waals surface area contributed by atoms with Crippen LogP contribution in [0.5, 0.6) is 0 Å². The number of halogens is 1. The van der Waals surface area contributed by atoms with E-state index >= 15 is 0 Å². The van der Waals surface area contributed by atoms with Crippen LogP contribution >= 0.6 is 11.6 Å².